The number of rotatable bonds is 3. The smallest absolute Gasteiger partial charge is 0.201 e. The highest BCUT2D eigenvalue weighted by atomic mass is 127. The highest BCUT2D eigenvalue weighted by Crippen LogP contribution is 2.41. The third-order valence-electron chi connectivity index (χ3n) is 5.46. The number of dihydropyridines is 1. The molecule has 0 N–H and O–H groups in total. The van der Waals surface area contributed by atoms with E-state index in [1.165, 1.54) is 5.57 Å². The number of carbonyl (C=O) groups is 1. The maximum atomic E-state index is 12.7. The summed E-state index contributed by atoms with van der Waals surface area (Å²) in [6.07, 6.45) is 3.88. The predicted octanol–water partition coefficient (Wildman–Crippen LogP) is 5.61. The number of halogens is 1. The third kappa shape index (κ3) is 3.21. The van der Waals surface area contributed by atoms with Crippen LogP contribution in [0.5, 0.6) is 0 Å². The molecule has 0 amide bonds. The van der Waals surface area contributed by atoms with Crippen molar-refractivity contribution in [3.8, 4) is 0 Å². The van der Waals surface area contributed by atoms with Gasteiger partial charge in [-0.05, 0) is 59.2 Å². The molecule has 0 radical (unpaired) electrons. The zero-order valence-corrected chi connectivity index (χ0v) is 17.5. The molecule has 1 atom stereocenters. The van der Waals surface area contributed by atoms with Crippen molar-refractivity contribution in [2.45, 2.75) is 38.1 Å². The first-order valence-electron chi connectivity index (χ1n) is 9.58. The van der Waals surface area contributed by atoms with Crippen molar-refractivity contribution in [1.29, 1.82) is 0 Å². The van der Waals surface area contributed by atoms with Gasteiger partial charge in [0, 0.05) is 27.7 Å². The second-order valence-electron chi connectivity index (χ2n) is 7.34. The summed E-state index contributed by atoms with van der Waals surface area (Å²) in [7, 11) is 0. The normalized spacial score (nSPS) is 19.7. The summed E-state index contributed by atoms with van der Waals surface area (Å²) in [5, 5.41) is 0. The minimum atomic E-state index is -0.205. The molecule has 0 bridgehead atoms. The predicted molar refractivity (Wildman–Crippen MR) is 118 cm³/mol. The second-order valence-corrected chi connectivity index (χ2v) is 8.50. The number of para-hydroxylation sites is 2. The fourth-order valence-electron chi connectivity index (χ4n) is 4.20. The van der Waals surface area contributed by atoms with Crippen LogP contribution in [0.1, 0.15) is 43.2 Å². The Labute approximate surface area is 176 Å². The van der Waals surface area contributed by atoms with Crippen LogP contribution in [0.3, 0.4) is 0 Å². The van der Waals surface area contributed by atoms with Crippen LogP contribution in [0.4, 0.5) is 0 Å². The van der Waals surface area contributed by atoms with E-state index in [0.29, 0.717) is 18.7 Å². The van der Waals surface area contributed by atoms with E-state index in [2.05, 4.69) is 39.7 Å². The molecular formula is C23H19IN2O2. The van der Waals surface area contributed by atoms with E-state index in [1.807, 2.05) is 36.4 Å². The molecule has 1 unspecified atom stereocenters. The minimum Gasteiger partial charge on any atom is -0.440 e. The van der Waals surface area contributed by atoms with Gasteiger partial charge in [-0.25, -0.2) is 4.98 Å². The third-order valence-corrected chi connectivity index (χ3v) is 6.44. The SMILES string of the molecule is O=C1CCCC2=C1C(c1ccccc1I)N=C(Cc1nc3ccccc3o1)C2. The Kier molecular flexibility index (Phi) is 4.62. The summed E-state index contributed by atoms with van der Waals surface area (Å²) >= 11 is 2.34. The Hall–Kier alpha value is -2.28. The number of aromatic nitrogens is 1. The van der Waals surface area contributed by atoms with Gasteiger partial charge in [-0.3, -0.25) is 9.79 Å². The second kappa shape index (κ2) is 7.28. The molecule has 0 fully saturated rings. The lowest BCUT2D eigenvalue weighted by atomic mass is 9.79. The van der Waals surface area contributed by atoms with Gasteiger partial charge in [0.1, 0.15) is 11.6 Å². The molecule has 2 aromatic carbocycles. The van der Waals surface area contributed by atoms with Crippen LogP contribution in [-0.4, -0.2) is 16.5 Å². The largest absolute Gasteiger partial charge is 0.440 e. The Morgan fingerprint density at radius 1 is 1.07 bits per heavy atom. The van der Waals surface area contributed by atoms with E-state index in [0.717, 1.165) is 50.8 Å². The van der Waals surface area contributed by atoms with Crippen molar-refractivity contribution in [2.75, 3.05) is 0 Å². The quantitative estimate of drug-likeness (QED) is 0.456. The molecule has 1 aliphatic heterocycles. The number of ketones is 1. The topological polar surface area (TPSA) is 55.5 Å². The zero-order valence-electron chi connectivity index (χ0n) is 15.3. The number of oxazole rings is 1. The molecule has 28 heavy (non-hydrogen) atoms. The Morgan fingerprint density at radius 2 is 1.89 bits per heavy atom. The van der Waals surface area contributed by atoms with E-state index in [4.69, 9.17) is 9.41 Å². The first kappa shape index (κ1) is 17.8. The molecule has 0 spiro atoms. The van der Waals surface area contributed by atoms with Gasteiger partial charge in [0.15, 0.2) is 11.4 Å². The molecule has 140 valence electrons. The van der Waals surface area contributed by atoms with Gasteiger partial charge >= 0.3 is 0 Å². The first-order chi connectivity index (χ1) is 13.7. The van der Waals surface area contributed by atoms with Gasteiger partial charge < -0.3 is 4.42 Å². The lowest BCUT2D eigenvalue weighted by Gasteiger charge is -2.30. The monoisotopic (exact) mass is 482 g/mol. The van der Waals surface area contributed by atoms with Gasteiger partial charge in [-0.15, -0.1) is 0 Å². The van der Waals surface area contributed by atoms with Gasteiger partial charge in [-0.2, -0.15) is 0 Å². The zero-order chi connectivity index (χ0) is 19.1. The van der Waals surface area contributed by atoms with Crippen LogP contribution in [0, 0.1) is 3.57 Å². The van der Waals surface area contributed by atoms with Crippen molar-refractivity contribution >= 4 is 45.2 Å². The van der Waals surface area contributed by atoms with E-state index >= 15 is 0 Å². The average Bonchev–Trinajstić information content (AvgIpc) is 3.10. The van der Waals surface area contributed by atoms with Gasteiger partial charge in [0.25, 0.3) is 0 Å². The molecule has 5 heteroatoms. The maximum absolute atomic E-state index is 12.7. The van der Waals surface area contributed by atoms with Crippen molar-refractivity contribution in [3.63, 3.8) is 0 Å². The molecule has 0 saturated carbocycles. The number of hydrogen-bond acceptors (Lipinski definition) is 4. The summed E-state index contributed by atoms with van der Waals surface area (Å²) in [6.45, 7) is 0. The van der Waals surface area contributed by atoms with Crippen molar-refractivity contribution in [3.05, 3.63) is 74.7 Å². The highest BCUT2D eigenvalue weighted by Gasteiger charge is 2.33. The number of Topliss-reactive ketones (excluding diaryl/α,β-unsaturated/α-hetero) is 1. The molecular weight excluding hydrogens is 463 g/mol. The fraction of sp³-hybridized carbons (Fsp3) is 0.261. The van der Waals surface area contributed by atoms with Crippen LogP contribution >= 0.6 is 22.6 Å². The summed E-state index contributed by atoms with van der Waals surface area (Å²) < 4.78 is 7.06. The number of benzene rings is 2. The Bertz CT molecular complexity index is 1110. The van der Waals surface area contributed by atoms with E-state index < -0.39 is 0 Å². The standard InChI is InChI=1S/C23H19IN2O2/c24-17-8-2-1-7-16(17)23-22-14(6-5-10-19(22)27)12-15(25-23)13-21-26-18-9-3-4-11-20(18)28-21/h1-4,7-9,11,23H,5-6,10,12-13H2. The van der Waals surface area contributed by atoms with Crippen LogP contribution in [0.2, 0.25) is 0 Å². The molecule has 4 nitrogen and oxygen atoms in total. The van der Waals surface area contributed by atoms with E-state index in [1.54, 1.807) is 0 Å². The Morgan fingerprint density at radius 3 is 2.75 bits per heavy atom. The number of allylic oxidation sites excluding steroid dienone is 1. The number of hydrogen-bond donors (Lipinski definition) is 0. The van der Waals surface area contributed by atoms with Crippen molar-refractivity contribution in [2.24, 2.45) is 4.99 Å². The van der Waals surface area contributed by atoms with Gasteiger partial charge in [0.2, 0.25) is 5.89 Å². The lowest BCUT2D eigenvalue weighted by Crippen LogP contribution is -2.25. The molecule has 0 saturated heterocycles. The average molecular weight is 482 g/mol. The number of fused-ring (bicyclic) bond motifs is 1. The lowest BCUT2D eigenvalue weighted by molar-refractivity contribution is -0.116. The van der Waals surface area contributed by atoms with Gasteiger partial charge in [0.05, 0.1) is 6.42 Å². The number of nitrogens with zero attached hydrogens (tertiary/aromatic N) is 2. The molecule has 1 aromatic heterocycles. The molecule has 1 aliphatic carbocycles. The minimum absolute atomic E-state index is 0.205. The van der Waals surface area contributed by atoms with Crippen molar-refractivity contribution < 1.29 is 9.21 Å². The first-order valence-corrected chi connectivity index (χ1v) is 10.7. The van der Waals surface area contributed by atoms with Crippen LogP contribution in [-0.2, 0) is 11.2 Å². The summed E-state index contributed by atoms with van der Waals surface area (Å²) in [5.41, 5.74) is 6.01. The van der Waals surface area contributed by atoms with Crippen LogP contribution in [0.25, 0.3) is 11.1 Å². The maximum Gasteiger partial charge on any atom is 0.201 e. The summed E-state index contributed by atoms with van der Waals surface area (Å²) in [6, 6.07) is 15.8. The molecule has 3 aromatic rings. The van der Waals surface area contributed by atoms with Crippen LogP contribution < -0.4 is 0 Å². The van der Waals surface area contributed by atoms with Crippen molar-refractivity contribution in [1.82, 2.24) is 4.98 Å². The van der Waals surface area contributed by atoms with E-state index in [9.17, 15) is 4.79 Å². The highest BCUT2D eigenvalue weighted by molar-refractivity contribution is 14.1. The molecule has 2 heterocycles. The molecule has 5 rings (SSSR count). The number of aliphatic imine (C=N–C) groups is 1. The number of carbonyl (C=O) groups excluding carboxylic acids is 1. The Balaban J connectivity index is 1.54. The fourth-order valence-corrected chi connectivity index (χ4v) is 4.88. The van der Waals surface area contributed by atoms with Crippen LogP contribution in [0.15, 0.2) is 69.1 Å². The summed E-state index contributed by atoms with van der Waals surface area (Å²) in [5.74, 6) is 0.947. The van der Waals surface area contributed by atoms with E-state index in [-0.39, 0.29) is 11.8 Å². The molecule has 2 aliphatic rings. The van der Waals surface area contributed by atoms with Gasteiger partial charge in [-0.1, -0.05) is 35.9 Å². The summed E-state index contributed by atoms with van der Waals surface area (Å²) in [4.78, 5) is 22.4.